The molecule has 0 N–H and O–H groups in total. The van der Waals surface area contributed by atoms with E-state index in [-0.39, 0.29) is 0 Å². The van der Waals surface area contributed by atoms with E-state index in [1.165, 1.54) is 5.56 Å². The van der Waals surface area contributed by atoms with Crippen molar-refractivity contribution in [2.75, 3.05) is 14.2 Å². The molecular weight excluding hydrogens is 260 g/mol. The molecular formula is C16H17ClO2. The molecule has 3 heteroatoms. The fraction of sp³-hybridized carbons (Fsp3) is 0.250. The van der Waals surface area contributed by atoms with Gasteiger partial charge in [0.25, 0.3) is 0 Å². The Balaban J connectivity index is 2.70. The third-order valence-corrected chi connectivity index (χ3v) is 3.44. The smallest absolute Gasteiger partial charge is 0.168 e. The predicted molar refractivity (Wildman–Crippen MR) is 79.4 cm³/mol. The number of hydrogen-bond acceptors (Lipinski definition) is 2. The van der Waals surface area contributed by atoms with Crippen molar-refractivity contribution in [1.29, 1.82) is 0 Å². The lowest BCUT2D eigenvalue weighted by Crippen LogP contribution is -1.96. The first-order valence-corrected chi connectivity index (χ1v) is 6.58. The van der Waals surface area contributed by atoms with Crippen molar-refractivity contribution in [2.45, 2.75) is 13.3 Å². The van der Waals surface area contributed by atoms with Crippen LogP contribution in [0.5, 0.6) is 11.5 Å². The topological polar surface area (TPSA) is 18.5 Å². The summed E-state index contributed by atoms with van der Waals surface area (Å²) in [7, 11) is 3.29. The molecule has 2 aromatic rings. The molecule has 0 saturated carbocycles. The van der Waals surface area contributed by atoms with Crippen LogP contribution in [0.3, 0.4) is 0 Å². The van der Waals surface area contributed by atoms with Gasteiger partial charge in [0.05, 0.1) is 14.2 Å². The van der Waals surface area contributed by atoms with Gasteiger partial charge in [-0.3, -0.25) is 0 Å². The first-order valence-electron chi connectivity index (χ1n) is 6.21. The van der Waals surface area contributed by atoms with Gasteiger partial charge in [0.2, 0.25) is 0 Å². The van der Waals surface area contributed by atoms with Gasteiger partial charge in [-0.25, -0.2) is 0 Å². The lowest BCUT2D eigenvalue weighted by molar-refractivity contribution is 0.356. The molecule has 2 aromatic carbocycles. The number of halogens is 1. The van der Waals surface area contributed by atoms with Crippen LogP contribution in [0.25, 0.3) is 11.1 Å². The monoisotopic (exact) mass is 276 g/mol. The highest BCUT2D eigenvalue weighted by molar-refractivity contribution is 6.33. The first kappa shape index (κ1) is 13.8. The SMILES string of the molecule is CCc1cc(OC)c(OC)c(-c2ccccc2Cl)c1. The number of ether oxygens (including phenoxy) is 2. The Morgan fingerprint density at radius 2 is 1.74 bits per heavy atom. The third-order valence-electron chi connectivity index (χ3n) is 3.11. The van der Waals surface area contributed by atoms with Crippen molar-refractivity contribution in [2.24, 2.45) is 0 Å². The number of methoxy groups -OCH3 is 2. The minimum atomic E-state index is 0.705. The number of aryl methyl sites for hydroxylation is 1. The number of benzene rings is 2. The average molecular weight is 277 g/mol. The van der Waals surface area contributed by atoms with Crippen LogP contribution in [-0.2, 0) is 6.42 Å². The Hall–Kier alpha value is -1.67. The molecule has 100 valence electrons. The first-order chi connectivity index (χ1) is 9.21. The predicted octanol–water partition coefficient (Wildman–Crippen LogP) is 4.59. The Bertz CT molecular complexity index is 579. The molecule has 0 heterocycles. The second kappa shape index (κ2) is 5.98. The highest BCUT2D eigenvalue weighted by atomic mass is 35.5. The molecule has 19 heavy (non-hydrogen) atoms. The van der Waals surface area contributed by atoms with Crippen LogP contribution in [0.1, 0.15) is 12.5 Å². The van der Waals surface area contributed by atoms with Crippen molar-refractivity contribution in [3.8, 4) is 22.6 Å². The fourth-order valence-corrected chi connectivity index (χ4v) is 2.34. The lowest BCUT2D eigenvalue weighted by Gasteiger charge is -2.15. The standard InChI is InChI=1S/C16H17ClO2/c1-4-11-9-13(12-7-5-6-8-14(12)17)16(19-3)15(10-11)18-2/h5-10H,4H2,1-3H3. The second-order valence-electron chi connectivity index (χ2n) is 4.21. The Kier molecular flexibility index (Phi) is 4.33. The molecule has 0 aliphatic heterocycles. The zero-order chi connectivity index (χ0) is 13.8. The summed E-state index contributed by atoms with van der Waals surface area (Å²) in [5.74, 6) is 1.45. The van der Waals surface area contributed by atoms with Crippen molar-refractivity contribution in [3.63, 3.8) is 0 Å². The highest BCUT2D eigenvalue weighted by Gasteiger charge is 2.15. The van der Waals surface area contributed by atoms with E-state index in [4.69, 9.17) is 21.1 Å². The van der Waals surface area contributed by atoms with Crippen molar-refractivity contribution in [3.05, 3.63) is 47.0 Å². The van der Waals surface area contributed by atoms with Crippen LogP contribution in [0, 0.1) is 0 Å². The van der Waals surface area contributed by atoms with Gasteiger partial charge in [0.15, 0.2) is 11.5 Å². The third kappa shape index (κ3) is 2.69. The average Bonchev–Trinajstić information content (AvgIpc) is 2.46. The summed E-state index contributed by atoms with van der Waals surface area (Å²) >= 11 is 6.28. The summed E-state index contributed by atoms with van der Waals surface area (Å²) in [6.45, 7) is 2.11. The molecule has 0 aromatic heterocycles. The van der Waals surface area contributed by atoms with Gasteiger partial charge >= 0.3 is 0 Å². The highest BCUT2D eigenvalue weighted by Crippen LogP contribution is 2.41. The van der Waals surface area contributed by atoms with Crippen molar-refractivity contribution in [1.82, 2.24) is 0 Å². The molecule has 0 atom stereocenters. The van der Waals surface area contributed by atoms with Gasteiger partial charge in [-0.1, -0.05) is 36.7 Å². The molecule has 0 saturated heterocycles. The maximum atomic E-state index is 6.28. The summed E-state index contributed by atoms with van der Waals surface area (Å²) in [5, 5.41) is 0.705. The van der Waals surface area contributed by atoms with E-state index in [9.17, 15) is 0 Å². The largest absolute Gasteiger partial charge is 0.493 e. The van der Waals surface area contributed by atoms with Crippen molar-refractivity contribution < 1.29 is 9.47 Å². The van der Waals surface area contributed by atoms with Gasteiger partial charge in [-0.05, 0) is 30.2 Å². The van der Waals surface area contributed by atoms with Crippen LogP contribution in [0.4, 0.5) is 0 Å². The normalized spacial score (nSPS) is 10.3. The molecule has 2 nitrogen and oxygen atoms in total. The summed E-state index contributed by atoms with van der Waals surface area (Å²) in [4.78, 5) is 0. The maximum Gasteiger partial charge on any atom is 0.168 e. The Morgan fingerprint density at radius 1 is 1.00 bits per heavy atom. The van der Waals surface area contributed by atoms with Gasteiger partial charge in [0, 0.05) is 16.1 Å². The van der Waals surface area contributed by atoms with Crippen LogP contribution >= 0.6 is 11.6 Å². The molecule has 0 fully saturated rings. The van der Waals surface area contributed by atoms with Gasteiger partial charge in [0.1, 0.15) is 0 Å². The zero-order valence-electron chi connectivity index (χ0n) is 11.4. The number of hydrogen-bond donors (Lipinski definition) is 0. The number of rotatable bonds is 4. The summed E-state index contributed by atoms with van der Waals surface area (Å²) < 4.78 is 10.9. The fourth-order valence-electron chi connectivity index (χ4n) is 2.11. The minimum absolute atomic E-state index is 0.705. The molecule has 2 rings (SSSR count). The molecule has 0 unspecified atom stereocenters. The van der Waals surface area contributed by atoms with Crippen molar-refractivity contribution >= 4 is 11.6 Å². The van der Waals surface area contributed by atoms with Gasteiger partial charge in [-0.15, -0.1) is 0 Å². The molecule has 0 amide bonds. The Morgan fingerprint density at radius 3 is 2.32 bits per heavy atom. The maximum absolute atomic E-state index is 6.28. The van der Waals surface area contributed by atoms with Gasteiger partial charge in [-0.2, -0.15) is 0 Å². The van der Waals surface area contributed by atoms with E-state index < -0.39 is 0 Å². The van der Waals surface area contributed by atoms with E-state index in [0.29, 0.717) is 10.8 Å². The summed E-state index contributed by atoms with van der Waals surface area (Å²) in [5.41, 5.74) is 3.10. The van der Waals surface area contributed by atoms with Crippen LogP contribution in [0.2, 0.25) is 5.02 Å². The molecule has 0 bridgehead atoms. The quantitative estimate of drug-likeness (QED) is 0.813. The van der Waals surface area contributed by atoms with Crippen LogP contribution in [0.15, 0.2) is 36.4 Å². The minimum Gasteiger partial charge on any atom is -0.493 e. The lowest BCUT2D eigenvalue weighted by atomic mass is 10.00. The summed E-state index contributed by atoms with van der Waals surface area (Å²) in [6, 6.07) is 11.8. The van der Waals surface area contributed by atoms with E-state index in [2.05, 4.69) is 13.0 Å². The molecule has 0 aliphatic carbocycles. The van der Waals surface area contributed by atoms with Crippen LogP contribution < -0.4 is 9.47 Å². The summed E-state index contributed by atoms with van der Waals surface area (Å²) in [6.07, 6.45) is 0.928. The van der Waals surface area contributed by atoms with E-state index in [1.807, 2.05) is 30.3 Å². The second-order valence-corrected chi connectivity index (χ2v) is 4.62. The Labute approximate surface area is 118 Å². The van der Waals surface area contributed by atoms with Crippen LogP contribution in [-0.4, -0.2) is 14.2 Å². The van der Waals surface area contributed by atoms with E-state index >= 15 is 0 Å². The van der Waals surface area contributed by atoms with E-state index in [1.54, 1.807) is 14.2 Å². The zero-order valence-corrected chi connectivity index (χ0v) is 12.1. The molecule has 0 spiro atoms. The molecule has 0 aliphatic rings. The van der Waals surface area contributed by atoms with Gasteiger partial charge < -0.3 is 9.47 Å². The molecule has 0 radical (unpaired) electrons. The van der Waals surface area contributed by atoms with E-state index in [0.717, 1.165) is 23.3 Å².